The lowest BCUT2D eigenvalue weighted by Gasteiger charge is -2.11. The van der Waals surface area contributed by atoms with Crippen LogP contribution < -0.4 is 0 Å². The molecule has 0 radical (unpaired) electrons. The van der Waals surface area contributed by atoms with Crippen molar-refractivity contribution < 1.29 is 4.79 Å². The summed E-state index contributed by atoms with van der Waals surface area (Å²) in [6.45, 7) is 5.15. The minimum Gasteiger partial charge on any atom is -0.348 e. The zero-order valence-corrected chi connectivity index (χ0v) is 10.2. The quantitative estimate of drug-likeness (QED) is 0.651. The summed E-state index contributed by atoms with van der Waals surface area (Å²) in [5.41, 5.74) is 0. The molecule has 1 aliphatic heterocycles. The molecule has 3 nitrogen and oxygen atoms in total. The van der Waals surface area contributed by atoms with Crippen LogP contribution in [0.25, 0.3) is 0 Å². The van der Waals surface area contributed by atoms with Crippen molar-refractivity contribution in [1.82, 2.24) is 9.80 Å². The molecule has 1 aliphatic carbocycles. The van der Waals surface area contributed by atoms with Crippen molar-refractivity contribution in [2.24, 2.45) is 11.8 Å². The van der Waals surface area contributed by atoms with Gasteiger partial charge in [-0.15, -0.1) is 0 Å². The molecule has 0 aromatic carbocycles. The standard InChI is InChI=1S/C12H22N2O/c1-8(2)11-12(9-5-6-9)14(11)7-10(15)13(3)4/h8-9,11-12H,5-7H2,1-4H3. The highest BCUT2D eigenvalue weighted by atomic mass is 16.2. The third kappa shape index (κ3) is 2.17. The fourth-order valence-corrected chi connectivity index (χ4v) is 2.59. The number of likely N-dealkylation sites (N-methyl/N-ethyl adjacent to an activating group) is 1. The molecule has 2 fully saturated rings. The molecule has 0 bridgehead atoms. The molecule has 1 amide bonds. The van der Waals surface area contributed by atoms with Gasteiger partial charge in [-0.05, 0) is 24.7 Å². The number of carbonyl (C=O) groups excluding carboxylic acids is 1. The van der Waals surface area contributed by atoms with Crippen LogP contribution >= 0.6 is 0 Å². The molecule has 3 heteroatoms. The summed E-state index contributed by atoms with van der Waals surface area (Å²) in [5, 5.41) is 0. The van der Waals surface area contributed by atoms with Crippen LogP contribution in [0.1, 0.15) is 26.7 Å². The average Bonchev–Trinajstić information content (AvgIpc) is 2.95. The Kier molecular flexibility index (Phi) is 2.75. The average molecular weight is 210 g/mol. The molecule has 2 aliphatic rings. The van der Waals surface area contributed by atoms with Gasteiger partial charge >= 0.3 is 0 Å². The normalized spacial score (nSPS) is 34.3. The molecule has 0 aromatic rings. The van der Waals surface area contributed by atoms with Gasteiger partial charge < -0.3 is 4.90 Å². The van der Waals surface area contributed by atoms with Crippen LogP contribution in [0.2, 0.25) is 0 Å². The van der Waals surface area contributed by atoms with E-state index in [0.29, 0.717) is 24.5 Å². The van der Waals surface area contributed by atoms with E-state index >= 15 is 0 Å². The van der Waals surface area contributed by atoms with E-state index in [1.807, 2.05) is 14.1 Å². The van der Waals surface area contributed by atoms with Crippen molar-refractivity contribution in [1.29, 1.82) is 0 Å². The van der Waals surface area contributed by atoms with E-state index < -0.39 is 0 Å². The van der Waals surface area contributed by atoms with Gasteiger partial charge in [0.05, 0.1) is 6.54 Å². The number of hydrogen-bond donors (Lipinski definition) is 0. The summed E-state index contributed by atoms with van der Waals surface area (Å²) in [4.78, 5) is 15.7. The highest BCUT2D eigenvalue weighted by Gasteiger charge is 2.56. The zero-order chi connectivity index (χ0) is 11.2. The summed E-state index contributed by atoms with van der Waals surface area (Å²) in [6, 6.07) is 1.38. The lowest BCUT2D eigenvalue weighted by Crippen LogP contribution is -2.30. The Morgan fingerprint density at radius 2 is 2.00 bits per heavy atom. The molecule has 1 saturated carbocycles. The largest absolute Gasteiger partial charge is 0.348 e. The van der Waals surface area contributed by atoms with Crippen LogP contribution in [-0.4, -0.2) is 48.4 Å². The summed E-state index contributed by atoms with van der Waals surface area (Å²) >= 11 is 0. The summed E-state index contributed by atoms with van der Waals surface area (Å²) in [6.07, 6.45) is 2.75. The third-order valence-electron chi connectivity index (χ3n) is 3.63. The first-order valence-electron chi connectivity index (χ1n) is 5.98. The maximum atomic E-state index is 11.6. The van der Waals surface area contributed by atoms with Crippen molar-refractivity contribution in [2.45, 2.75) is 38.8 Å². The SMILES string of the molecule is CC(C)C1C(C2CC2)N1CC(=O)N(C)C. The van der Waals surface area contributed by atoms with Crippen LogP contribution in [-0.2, 0) is 4.79 Å². The van der Waals surface area contributed by atoms with Gasteiger partial charge in [0.15, 0.2) is 0 Å². The molecule has 1 heterocycles. The van der Waals surface area contributed by atoms with Crippen LogP contribution in [0, 0.1) is 11.8 Å². The molecular formula is C12H22N2O. The topological polar surface area (TPSA) is 23.3 Å². The molecule has 86 valence electrons. The predicted octanol–water partition coefficient (Wildman–Crippen LogP) is 1.19. The molecule has 0 spiro atoms. The van der Waals surface area contributed by atoms with Crippen LogP contribution in [0.15, 0.2) is 0 Å². The van der Waals surface area contributed by atoms with E-state index in [-0.39, 0.29) is 5.91 Å². The van der Waals surface area contributed by atoms with Gasteiger partial charge in [-0.25, -0.2) is 0 Å². The third-order valence-corrected chi connectivity index (χ3v) is 3.63. The molecule has 3 atom stereocenters. The lowest BCUT2D eigenvalue weighted by molar-refractivity contribution is -0.128. The summed E-state index contributed by atoms with van der Waals surface area (Å²) in [7, 11) is 3.67. The minimum atomic E-state index is 0.240. The van der Waals surface area contributed by atoms with E-state index in [1.54, 1.807) is 4.90 Å². The van der Waals surface area contributed by atoms with Crippen molar-refractivity contribution >= 4 is 5.91 Å². The van der Waals surface area contributed by atoms with E-state index in [0.717, 1.165) is 5.92 Å². The van der Waals surface area contributed by atoms with Gasteiger partial charge in [0.25, 0.3) is 0 Å². The Bertz CT molecular complexity index is 250. The smallest absolute Gasteiger partial charge is 0.236 e. The maximum Gasteiger partial charge on any atom is 0.236 e. The van der Waals surface area contributed by atoms with Crippen LogP contribution in [0.5, 0.6) is 0 Å². The highest BCUT2D eigenvalue weighted by molar-refractivity contribution is 5.78. The molecule has 15 heavy (non-hydrogen) atoms. The highest BCUT2D eigenvalue weighted by Crippen LogP contribution is 2.49. The summed E-state index contributed by atoms with van der Waals surface area (Å²) < 4.78 is 0. The Labute approximate surface area is 92.4 Å². The Morgan fingerprint density at radius 3 is 2.40 bits per heavy atom. The minimum absolute atomic E-state index is 0.240. The maximum absolute atomic E-state index is 11.6. The first-order valence-corrected chi connectivity index (χ1v) is 5.98. The fourth-order valence-electron chi connectivity index (χ4n) is 2.59. The number of rotatable bonds is 4. The van der Waals surface area contributed by atoms with E-state index in [4.69, 9.17) is 0 Å². The lowest BCUT2D eigenvalue weighted by atomic mass is 10.1. The molecule has 0 aromatic heterocycles. The Hall–Kier alpha value is -0.570. The molecular weight excluding hydrogens is 188 g/mol. The van der Waals surface area contributed by atoms with Gasteiger partial charge in [0, 0.05) is 26.2 Å². The molecule has 0 N–H and O–H groups in total. The number of nitrogens with zero attached hydrogens (tertiary/aromatic N) is 2. The van der Waals surface area contributed by atoms with Gasteiger partial charge in [0.2, 0.25) is 5.91 Å². The molecule has 3 unspecified atom stereocenters. The zero-order valence-electron chi connectivity index (χ0n) is 10.2. The van der Waals surface area contributed by atoms with Gasteiger partial charge in [-0.3, -0.25) is 9.69 Å². The van der Waals surface area contributed by atoms with Crippen molar-refractivity contribution in [2.75, 3.05) is 20.6 Å². The van der Waals surface area contributed by atoms with Gasteiger partial charge in [-0.2, -0.15) is 0 Å². The van der Waals surface area contributed by atoms with Gasteiger partial charge in [-0.1, -0.05) is 13.8 Å². The van der Waals surface area contributed by atoms with E-state index in [2.05, 4.69) is 18.7 Å². The van der Waals surface area contributed by atoms with Crippen molar-refractivity contribution in [3.05, 3.63) is 0 Å². The second kappa shape index (κ2) is 3.78. The number of amides is 1. The van der Waals surface area contributed by atoms with Crippen LogP contribution in [0.4, 0.5) is 0 Å². The Balaban J connectivity index is 1.89. The fraction of sp³-hybridized carbons (Fsp3) is 0.917. The van der Waals surface area contributed by atoms with Crippen molar-refractivity contribution in [3.8, 4) is 0 Å². The monoisotopic (exact) mass is 210 g/mol. The predicted molar refractivity (Wildman–Crippen MR) is 60.5 cm³/mol. The number of hydrogen-bond acceptors (Lipinski definition) is 2. The molecule has 1 saturated heterocycles. The van der Waals surface area contributed by atoms with Gasteiger partial charge in [0.1, 0.15) is 0 Å². The Morgan fingerprint density at radius 1 is 1.40 bits per heavy atom. The van der Waals surface area contributed by atoms with Crippen LogP contribution in [0.3, 0.4) is 0 Å². The van der Waals surface area contributed by atoms with E-state index in [9.17, 15) is 4.79 Å². The molecule has 2 rings (SSSR count). The number of carbonyl (C=O) groups is 1. The second-order valence-electron chi connectivity index (χ2n) is 5.52. The van der Waals surface area contributed by atoms with E-state index in [1.165, 1.54) is 12.8 Å². The van der Waals surface area contributed by atoms with Crippen molar-refractivity contribution in [3.63, 3.8) is 0 Å². The first kappa shape index (κ1) is 10.9. The first-order chi connectivity index (χ1) is 7.02. The summed E-state index contributed by atoms with van der Waals surface area (Å²) in [5.74, 6) is 1.82. The second-order valence-corrected chi connectivity index (χ2v) is 5.52.